The summed E-state index contributed by atoms with van der Waals surface area (Å²) in [5, 5.41) is 0. The summed E-state index contributed by atoms with van der Waals surface area (Å²) in [6, 6.07) is 0. The monoisotopic (exact) mass is 839 g/mol. The van der Waals surface area contributed by atoms with Gasteiger partial charge in [-0.3, -0.25) is 9.59 Å². The second-order valence-electron chi connectivity index (χ2n) is 17.0. The molecule has 0 bridgehead atoms. The zero-order chi connectivity index (χ0) is 43.5. The fourth-order valence-electron chi connectivity index (χ4n) is 7.19. The first-order chi connectivity index (χ1) is 29.6. The fraction of sp³-hybridized carbons (Fsp3) is 0.782. The second-order valence-corrected chi connectivity index (χ2v) is 17.0. The van der Waals surface area contributed by atoms with Crippen molar-refractivity contribution < 1.29 is 23.8 Å². The Hall–Kier alpha value is -2.40. The van der Waals surface area contributed by atoms with Gasteiger partial charge in [0.2, 0.25) is 0 Å². The molecular formula is C55H98O5. The second kappa shape index (κ2) is 51.0. The van der Waals surface area contributed by atoms with Crippen LogP contribution < -0.4 is 0 Å². The quantitative estimate of drug-likeness (QED) is 0.0347. The van der Waals surface area contributed by atoms with E-state index in [9.17, 15) is 9.59 Å². The van der Waals surface area contributed by atoms with Crippen molar-refractivity contribution in [3.8, 4) is 0 Å². The molecular weight excluding hydrogens is 741 g/mol. The Morgan fingerprint density at radius 1 is 0.383 bits per heavy atom. The van der Waals surface area contributed by atoms with Crippen LogP contribution in [-0.4, -0.2) is 37.9 Å². The van der Waals surface area contributed by atoms with E-state index in [0.717, 1.165) is 96.3 Å². The van der Waals surface area contributed by atoms with E-state index in [2.05, 4.69) is 81.5 Å². The van der Waals surface area contributed by atoms with E-state index in [4.69, 9.17) is 14.2 Å². The molecule has 348 valence electrons. The average molecular weight is 839 g/mol. The highest BCUT2D eigenvalue weighted by molar-refractivity contribution is 5.70. The minimum absolute atomic E-state index is 0.0706. The maximum atomic E-state index is 12.8. The molecule has 0 fully saturated rings. The van der Waals surface area contributed by atoms with Gasteiger partial charge in [0, 0.05) is 19.4 Å². The van der Waals surface area contributed by atoms with Crippen LogP contribution in [0.5, 0.6) is 0 Å². The Morgan fingerprint density at radius 3 is 1.27 bits per heavy atom. The largest absolute Gasteiger partial charge is 0.462 e. The molecule has 0 amide bonds. The Kier molecular flexibility index (Phi) is 48.9. The van der Waals surface area contributed by atoms with Gasteiger partial charge in [-0.1, -0.05) is 223 Å². The van der Waals surface area contributed by atoms with Gasteiger partial charge in [-0.2, -0.15) is 0 Å². The number of ether oxygens (including phenoxy) is 3. The van der Waals surface area contributed by atoms with Crippen molar-refractivity contribution in [2.75, 3.05) is 19.8 Å². The van der Waals surface area contributed by atoms with Crippen LogP contribution in [-0.2, 0) is 23.8 Å². The summed E-state index contributed by atoms with van der Waals surface area (Å²) in [4.78, 5) is 25.3. The smallest absolute Gasteiger partial charge is 0.306 e. The number of hydrogen-bond donors (Lipinski definition) is 0. The number of carbonyl (C=O) groups excluding carboxylic acids is 2. The molecule has 0 rings (SSSR count). The third-order valence-corrected chi connectivity index (χ3v) is 11.0. The van der Waals surface area contributed by atoms with Crippen LogP contribution >= 0.6 is 0 Å². The molecule has 0 N–H and O–H groups in total. The van der Waals surface area contributed by atoms with E-state index >= 15 is 0 Å². The molecule has 1 unspecified atom stereocenters. The van der Waals surface area contributed by atoms with Crippen LogP contribution in [0.25, 0.3) is 0 Å². The molecule has 0 saturated heterocycles. The van der Waals surface area contributed by atoms with Gasteiger partial charge in [-0.15, -0.1) is 0 Å². The third-order valence-electron chi connectivity index (χ3n) is 11.0. The Morgan fingerprint density at radius 2 is 0.767 bits per heavy atom. The first kappa shape index (κ1) is 57.6. The Balaban J connectivity index is 4.26. The van der Waals surface area contributed by atoms with Gasteiger partial charge in [0.05, 0.1) is 6.61 Å². The molecule has 0 spiro atoms. The molecule has 0 heterocycles. The van der Waals surface area contributed by atoms with Crippen molar-refractivity contribution in [2.24, 2.45) is 0 Å². The molecule has 0 saturated carbocycles. The highest BCUT2D eigenvalue weighted by Crippen LogP contribution is 2.15. The average Bonchev–Trinajstić information content (AvgIpc) is 3.25. The molecule has 60 heavy (non-hydrogen) atoms. The Labute approximate surface area is 373 Å². The van der Waals surface area contributed by atoms with Crippen LogP contribution in [0.4, 0.5) is 0 Å². The topological polar surface area (TPSA) is 61.8 Å². The van der Waals surface area contributed by atoms with Gasteiger partial charge in [-0.05, 0) is 77.0 Å². The van der Waals surface area contributed by atoms with Crippen LogP contribution in [0, 0.1) is 0 Å². The van der Waals surface area contributed by atoms with E-state index in [1.54, 1.807) is 0 Å². The summed E-state index contributed by atoms with van der Waals surface area (Å²) in [6.45, 7) is 7.67. The van der Waals surface area contributed by atoms with Crippen LogP contribution in [0.1, 0.15) is 252 Å². The third kappa shape index (κ3) is 48.3. The van der Waals surface area contributed by atoms with Crippen LogP contribution in [0.15, 0.2) is 60.8 Å². The number of unbranched alkanes of at least 4 members (excludes halogenated alkanes) is 26. The zero-order valence-electron chi connectivity index (χ0n) is 40.0. The summed E-state index contributed by atoms with van der Waals surface area (Å²) in [5.74, 6) is -0.429. The van der Waals surface area contributed by atoms with E-state index in [-0.39, 0.29) is 25.2 Å². The summed E-state index contributed by atoms with van der Waals surface area (Å²) in [7, 11) is 0. The lowest BCUT2D eigenvalue weighted by Gasteiger charge is -2.18. The van der Waals surface area contributed by atoms with Gasteiger partial charge in [-0.25, -0.2) is 0 Å². The van der Waals surface area contributed by atoms with Gasteiger partial charge >= 0.3 is 11.9 Å². The highest BCUT2D eigenvalue weighted by Gasteiger charge is 2.17. The van der Waals surface area contributed by atoms with E-state index in [0.29, 0.717) is 19.4 Å². The van der Waals surface area contributed by atoms with Crippen molar-refractivity contribution in [3.63, 3.8) is 0 Å². The number of carbonyl (C=O) groups is 2. The summed E-state index contributed by atoms with van der Waals surface area (Å²) < 4.78 is 17.4. The van der Waals surface area contributed by atoms with Gasteiger partial charge in [0.1, 0.15) is 6.61 Å². The molecule has 0 aromatic carbocycles. The maximum Gasteiger partial charge on any atom is 0.306 e. The van der Waals surface area contributed by atoms with E-state index in [1.165, 1.54) is 122 Å². The maximum absolute atomic E-state index is 12.8. The molecule has 5 nitrogen and oxygen atoms in total. The number of allylic oxidation sites excluding steroid dienone is 10. The SMILES string of the molecule is CC/C=C\C/C=C\C/C=C\C/C=C\CCCCCCC(=O)OCC(COCCCCCCCCCCCCCCCCCC)OC(=O)CCCCCCC/C=C\CCCC. The summed E-state index contributed by atoms with van der Waals surface area (Å²) in [6.07, 6.45) is 63.7. The number of hydrogen-bond acceptors (Lipinski definition) is 5. The van der Waals surface area contributed by atoms with Gasteiger partial charge in [0.25, 0.3) is 0 Å². The molecule has 0 aromatic rings. The summed E-state index contributed by atoms with van der Waals surface area (Å²) in [5.41, 5.74) is 0. The fourth-order valence-corrected chi connectivity index (χ4v) is 7.19. The molecule has 0 aliphatic rings. The first-order valence-corrected chi connectivity index (χ1v) is 25.8. The standard InChI is InChI=1S/C55H98O5/c1-4-7-10-13-16-19-22-24-26-28-29-31-34-36-39-42-45-48-54(56)59-52-53(60-55(57)49-46-43-40-37-33-21-18-15-12-9-6-3)51-58-50-47-44-41-38-35-32-30-27-25-23-20-17-14-11-8-5-2/h7,10,15-16,18-19,24,26,29,31,53H,4-6,8-9,11-14,17,20-23,25,27-28,30,32-52H2,1-3H3/b10-7-,18-15-,19-16-,26-24-,31-29-. The van der Waals surface area contributed by atoms with E-state index in [1.807, 2.05) is 0 Å². The lowest BCUT2D eigenvalue weighted by molar-refractivity contribution is -0.163. The first-order valence-electron chi connectivity index (χ1n) is 25.8. The number of esters is 2. The molecule has 5 heteroatoms. The Bertz CT molecular complexity index is 1040. The molecule has 1 atom stereocenters. The van der Waals surface area contributed by atoms with Gasteiger partial charge < -0.3 is 14.2 Å². The number of rotatable bonds is 47. The molecule has 0 aliphatic carbocycles. The van der Waals surface area contributed by atoms with Crippen molar-refractivity contribution in [1.29, 1.82) is 0 Å². The van der Waals surface area contributed by atoms with Crippen molar-refractivity contribution in [1.82, 2.24) is 0 Å². The normalized spacial score (nSPS) is 12.7. The lowest BCUT2D eigenvalue weighted by Crippen LogP contribution is -2.30. The van der Waals surface area contributed by atoms with Crippen LogP contribution in [0.3, 0.4) is 0 Å². The van der Waals surface area contributed by atoms with Gasteiger partial charge in [0.15, 0.2) is 6.10 Å². The predicted octanol–water partition coefficient (Wildman–Crippen LogP) is 17.3. The highest BCUT2D eigenvalue weighted by atomic mass is 16.6. The van der Waals surface area contributed by atoms with E-state index < -0.39 is 6.10 Å². The predicted molar refractivity (Wildman–Crippen MR) is 261 cm³/mol. The zero-order valence-corrected chi connectivity index (χ0v) is 40.0. The molecule has 0 aromatic heterocycles. The van der Waals surface area contributed by atoms with Crippen molar-refractivity contribution in [3.05, 3.63) is 60.8 Å². The van der Waals surface area contributed by atoms with Crippen molar-refractivity contribution in [2.45, 2.75) is 258 Å². The lowest BCUT2D eigenvalue weighted by atomic mass is 10.0. The van der Waals surface area contributed by atoms with Crippen molar-refractivity contribution >= 4 is 11.9 Å². The summed E-state index contributed by atoms with van der Waals surface area (Å²) >= 11 is 0. The molecule has 0 radical (unpaired) electrons. The minimum atomic E-state index is -0.548. The molecule has 0 aliphatic heterocycles. The van der Waals surface area contributed by atoms with Crippen LogP contribution in [0.2, 0.25) is 0 Å². The minimum Gasteiger partial charge on any atom is -0.462 e.